The first-order chi connectivity index (χ1) is 59.4. The van der Waals surface area contributed by atoms with Crippen LogP contribution in [0.25, 0.3) is 200 Å². The fourth-order valence-corrected chi connectivity index (χ4v) is 15.8. The van der Waals surface area contributed by atoms with Crippen molar-refractivity contribution < 1.29 is 0 Å². The summed E-state index contributed by atoms with van der Waals surface area (Å²) in [6.07, 6.45) is 23.3. The Labute approximate surface area is 698 Å². The van der Waals surface area contributed by atoms with E-state index in [1.54, 1.807) is 25.2 Å². The molecule has 0 aliphatic rings. The first-order valence-electron chi connectivity index (χ1n) is 40.1. The molecule has 0 atom stereocenters. The van der Waals surface area contributed by atoms with Gasteiger partial charge in [-0.3, -0.25) is 9.97 Å². The van der Waals surface area contributed by atoms with Crippen LogP contribution < -0.4 is 0 Å². The normalized spacial score (nSPS) is 11.0. The summed E-state index contributed by atoms with van der Waals surface area (Å²) in [6.45, 7) is 0. The first-order valence-corrected chi connectivity index (χ1v) is 40.1. The number of pyridine rings is 2. The van der Waals surface area contributed by atoms with E-state index in [9.17, 15) is 0 Å². The molecule has 15 aromatic carbocycles. The predicted octanol–water partition coefficient (Wildman–Crippen LogP) is 28.5. The van der Waals surface area contributed by atoms with Crippen LogP contribution in [0.15, 0.2) is 463 Å². The summed E-state index contributed by atoms with van der Waals surface area (Å²) in [4.78, 5) is 34.1. The Balaban J connectivity index is 0.000000159. The van der Waals surface area contributed by atoms with E-state index in [0.29, 0.717) is 0 Å². The lowest BCUT2D eigenvalue weighted by atomic mass is 9.90. The van der Waals surface area contributed by atoms with Gasteiger partial charge in [-0.15, -0.1) is 0 Å². The van der Waals surface area contributed by atoms with Crippen LogP contribution in [-0.2, 0) is 0 Å². The van der Waals surface area contributed by atoms with Gasteiger partial charge in [0.1, 0.15) is 19.0 Å². The molecule has 0 saturated heterocycles. The van der Waals surface area contributed by atoms with E-state index in [1.807, 2.05) is 61.8 Å². The van der Waals surface area contributed by atoms with Crippen molar-refractivity contribution in [1.82, 2.24) is 39.9 Å². The van der Waals surface area contributed by atoms with Crippen LogP contribution in [0, 0.1) is 0 Å². The molecule has 0 unspecified atom stereocenters. The number of nitrogens with zero attached hydrogens (tertiary/aromatic N) is 8. The lowest BCUT2D eigenvalue weighted by Crippen LogP contribution is -1.89. The van der Waals surface area contributed by atoms with Gasteiger partial charge >= 0.3 is 0 Å². The number of hydrogen-bond donors (Lipinski definition) is 0. The Morgan fingerprint density at radius 2 is 0.250 bits per heavy atom. The molecule has 8 heteroatoms. The number of benzene rings is 15. The zero-order valence-corrected chi connectivity index (χ0v) is 65.5. The Morgan fingerprint density at radius 1 is 0.0917 bits per heavy atom. The molecule has 5 aromatic heterocycles. The SMILES string of the molecule is c1ccc(-c2cc(-c3cccc(-c4cccc(-c5cccc(-c6ccncc6)c5)c4)c3)cc(-c3cccc(-c4cccc(-c5cccc(-c6cncnc6)c5)c4)c3)c2)cc1.c1cncc(-c2cccc(-c3cccc(-c4cccc(-c5cc(-c6cncnc6)cc(-c6cccc(-c7cccc(-c8cccc(-c9cncnc9)c8)c7)c6)c5)c4)c3)c2)c1. The van der Waals surface area contributed by atoms with E-state index >= 15 is 0 Å². The topological polar surface area (TPSA) is 103 Å². The fourth-order valence-electron chi connectivity index (χ4n) is 15.8. The van der Waals surface area contributed by atoms with Gasteiger partial charge in [-0.1, -0.05) is 255 Å². The highest BCUT2D eigenvalue weighted by Gasteiger charge is 2.17. The second-order valence-corrected chi connectivity index (χ2v) is 29.8. The molecule has 0 radical (unpaired) electrons. The van der Waals surface area contributed by atoms with E-state index in [4.69, 9.17) is 0 Å². The van der Waals surface area contributed by atoms with Crippen molar-refractivity contribution >= 4 is 0 Å². The van der Waals surface area contributed by atoms with E-state index in [-0.39, 0.29) is 0 Å². The zero-order valence-electron chi connectivity index (χ0n) is 65.5. The van der Waals surface area contributed by atoms with Crippen molar-refractivity contribution in [3.8, 4) is 200 Å². The monoisotopic (exact) mass is 1530 g/mol. The molecule has 0 spiro atoms. The molecular formula is C112H76N8. The molecule has 8 nitrogen and oxygen atoms in total. The molecule has 564 valence electrons. The maximum atomic E-state index is 4.36. The molecule has 5 heterocycles. The third-order valence-corrected chi connectivity index (χ3v) is 22.0. The van der Waals surface area contributed by atoms with Crippen LogP contribution in [0.2, 0.25) is 0 Å². The van der Waals surface area contributed by atoms with Crippen molar-refractivity contribution in [3.63, 3.8) is 0 Å². The third kappa shape index (κ3) is 16.9. The predicted molar refractivity (Wildman–Crippen MR) is 493 cm³/mol. The van der Waals surface area contributed by atoms with Crippen molar-refractivity contribution in [2.24, 2.45) is 0 Å². The molecule has 0 aliphatic carbocycles. The quantitative estimate of drug-likeness (QED) is 0.0837. The Hall–Kier alpha value is -16.2. The molecule has 0 bridgehead atoms. The highest BCUT2D eigenvalue weighted by atomic mass is 14.8. The minimum absolute atomic E-state index is 0.964. The summed E-state index contributed by atoms with van der Waals surface area (Å²) >= 11 is 0. The largest absolute Gasteiger partial charge is 0.265 e. The Bertz CT molecular complexity index is 6220. The van der Waals surface area contributed by atoms with Gasteiger partial charge in [0.15, 0.2) is 0 Å². The van der Waals surface area contributed by atoms with Crippen LogP contribution in [0.5, 0.6) is 0 Å². The average molecular weight is 1530 g/mol. The van der Waals surface area contributed by atoms with Crippen LogP contribution in [0.3, 0.4) is 0 Å². The van der Waals surface area contributed by atoms with E-state index in [0.717, 1.165) is 117 Å². The Kier molecular flexibility index (Phi) is 21.3. The van der Waals surface area contributed by atoms with Crippen LogP contribution in [0.4, 0.5) is 0 Å². The standard InChI is InChI=1S/C57H39N3.C55H37N5/c1-2-10-40(11-3-1)54-34-55(51-21-7-18-48(31-51)45-15-5-14-44(29-45)43-13-4-12-42(28-43)41-24-26-58-27-25-41)36-56(35-54)52-22-8-19-49(32-52)46-16-6-17-47(30-46)50-20-9-23-53(33-50)57-37-59-39-60-38-57;1-8-38(42-12-3-16-46(24-42)50-20-7-21-56-31-50)22-39(9-1)43-13-4-17-47(25-43)51-28-52(30-53(29-51)55-34-59-37-60-35-55)48-18-5-14-44(26-48)40-10-2-11-41(23-40)45-15-6-19-49(27-45)54-32-57-36-58-33-54/h1-39H;1-37H. The van der Waals surface area contributed by atoms with Crippen LogP contribution in [-0.4, -0.2) is 39.9 Å². The molecule has 0 N–H and O–H groups in total. The number of rotatable bonds is 18. The molecule has 0 saturated carbocycles. The van der Waals surface area contributed by atoms with Crippen molar-refractivity contribution in [2.45, 2.75) is 0 Å². The minimum atomic E-state index is 0.964. The van der Waals surface area contributed by atoms with Gasteiger partial charge in [-0.25, -0.2) is 29.9 Å². The van der Waals surface area contributed by atoms with Gasteiger partial charge < -0.3 is 0 Å². The summed E-state index contributed by atoms with van der Waals surface area (Å²) in [5.41, 5.74) is 40.9. The molecule has 0 fully saturated rings. The maximum Gasteiger partial charge on any atom is 0.115 e. The van der Waals surface area contributed by atoms with E-state index in [1.165, 1.54) is 83.5 Å². The van der Waals surface area contributed by atoms with Gasteiger partial charge in [0.05, 0.1) is 0 Å². The molecule has 120 heavy (non-hydrogen) atoms. The van der Waals surface area contributed by atoms with Crippen molar-refractivity contribution in [3.05, 3.63) is 463 Å². The highest BCUT2D eigenvalue weighted by molar-refractivity contribution is 5.89. The van der Waals surface area contributed by atoms with Gasteiger partial charge in [0.25, 0.3) is 0 Å². The molecule has 0 amide bonds. The van der Waals surface area contributed by atoms with Crippen LogP contribution in [0.1, 0.15) is 0 Å². The lowest BCUT2D eigenvalue weighted by Gasteiger charge is -2.14. The van der Waals surface area contributed by atoms with Gasteiger partial charge in [0.2, 0.25) is 0 Å². The van der Waals surface area contributed by atoms with Gasteiger partial charge in [-0.05, 0) is 305 Å². The summed E-state index contributed by atoms with van der Waals surface area (Å²) in [7, 11) is 0. The fraction of sp³-hybridized carbons (Fsp3) is 0. The van der Waals surface area contributed by atoms with Gasteiger partial charge in [0, 0.05) is 84.2 Å². The Morgan fingerprint density at radius 3 is 0.492 bits per heavy atom. The van der Waals surface area contributed by atoms with Crippen LogP contribution >= 0.6 is 0 Å². The summed E-state index contributed by atoms with van der Waals surface area (Å²) in [5, 5.41) is 0. The lowest BCUT2D eigenvalue weighted by molar-refractivity contribution is 1.17. The van der Waals surface area contributed by atoms with Gasteiger partial charge in [-0.2, -0.15) is 0 Å². The maximum absolute atomic E-state index is 4.36. The highest BCUT2D eigenvalue weighted by Crippen LogP contribution is 2.42. The zero-order chi connectivity index (χ0) is 80.2. The third-order valence-electron chi connectivity index (χ3n) is 22.0. The minimum Gasteiger partial charge on any atom is -0.265 e. The second kappa shape index (κ2) is 34.5. The van der Waals surface area contributed by atoms with Crippen molar-refractivity contribution in [1.29, 1.82) is 0 Å². The van der Waals surface area contributed by atoms with Crippen molar-refractivity contribution in [2.75, 3.05) is 0 Å². The smallest absolute Gasteiger partial charge is 0.115 e. The van der Waals surface area contributed by atoms with E-state index < -0.39 is 0 Å². The number of hydrogen-bond acceptors (Lipinski definition) is 8. The molecular weight excluding hydrogens is 1460 g/mol. The summed E-state index contributed by atoms with van der Waals surface area (Å²) in [6, 6.07) is 138. The molecule has 0 aliphatic heterocycles. The first kappa shape index (κ1) is 74.0. The second-order valence-electron chi connectivity index (χ2n) is 29.8. The average Bonchev–Trinajstić information content (AvgIpc) is 0.781. The summed E-state index contributed by atoms with van der Waals surface area (Å²) < 4.78 is 0. The molecule has 20 aromatic rings. The van der Waals surface area contributed by atoms with E-state index in [2.05, 4.69) is 416 Å². The summed E-state index contributed by atoms with van der Waals surface area (Å²) in [5.74, 6) is 0. The molecule has 20 rings (SSSR count). The number of aromatic nitrogens is 8.